The molecule has 0 heterocycles. The highest BCUT2D eigenvalue weighted by atomic mass is 16.5. The van der Waals surface area contributed by atoms with Crippen LogP contribution in [0.25, 0.3) is 0 Å². The monoisotopic (exact) mass is 215 g/mol. The third kappa shape index (κ3) is 2.69. The summed E-state index contributed by atoms with van der Waals surface area (Å²) in [4.78, 5) is 11.8. The molecule has 0 aliphatic heterocycles. The Bertz CT molecular complexity index is 216. The first-order valence-electron chi connectivity index (χ1n) is 5.53. The lowest BCUT2D eigenvalue weighted by molar-refractivity contribution is -0.150. The Kier molecular flexibility index (Phi) is 4.54. The fourth-order valence-corrected chi connectivity index (χ4v) is 2.08. The van der Waals surface area contributed by atoms with Crippen molar-refractivity contribution in [2.75, 3.05) is 27.4 Å². The van der Waals surface area contributed by atoms with Gasteiger partial charge in [0.1, 0.15) is 5.54 Å². The number of esters is 1. The van der Waals surface area contributed by atoms with Gasteiger partial charge in [-0.3, -0.25) is 10.1 Å². The van der Waals surface area contributed by atoms with Gasteiger partial charge in [0.25, 0.3) is 0 Å². The topological polar surface area (TPSA) is 47.6 Å². The highest BCUT2D eigenvalue weighted by molar-refractivity contribution is 5.81. The van der Waals surface area contributed by atoms with Crippen LogP contribution in [0.2, 0.25) is 0 Å². The van der Waals surface area contributed by atoms with Gasteiger partial charge in [-0.05, 0) is 25.2 Å². The van der Waals surface area contributed by atoms with Crippen molar-refractivity contribution in [3.05, 3.63) is 0 Å². The average Bonchev–Trinajstić information content (AvgIpc) is 3.08. The van der Waals surface area contributed by atoms with Gasteiger partial charge in [-0.25, -0.2) is 0 Å². The van der Waals surface area contributed by atoms with Crippen LogP contribution in [0.1, 0.15) is 26.2 Å². The summed E-state index contributed by atoms with van der Waals surface area (Å²) >= 11 is 0. The highest BCUT2D eigenvalue weighted by Crippen LogP contribution is 2.42. The summed E-state index contributed by atoms with van der Waals surface area (Å²) in [6.45, 7) is 3.33. The first kappa shape index (κ1) is 12.5. The van der Waals surface area contributed by atoms with Crippen LogP contribution in [-0.2, 0) is 14.3 Å². The van der Waals surface area contributed by atoms with Crippen molar-refractivity contribution in [3.8, 4) is 0 Å². The van der Waals surface area contributed by atoms with Crippen molar-refractivity contribution in [1.29, 1.82) is 0 Å². The van der Waals surface area contributed by atoms with Crippen molar-refractivity contribution in [2.45, 2.75) is 31.7 Å². The Labute approximate surface area is 91.3 Å². The van der Waals surface area contributed by atoms with Crippen LogP contribution in [0.5, 0.6) is 0 Å². The van der Waals surface area contributed by atoms with Gasteiger partial charge in [-0.15, -0.1) is 0 Å². The smallest absolute Gasteiger partial charge is 0.326 e. The Balaban J connectivity index is 2.61. The second kappa shape index (κ2) is 5.47. The zero-order chi connectivity index (χ0) is 11.3. The highest BCUT2D eigenvalue weighted by Gasteiger charge is 2.50. The van der Waals surface area contributed by atoms with Crippen LogP contribution in [-0.4, -0.2) is 38.9 Å². The molecule has 15 heavy (non-hydrogen) atoms. The minimum Gasteiger partial charge on any atom is -0.468 e. The van der Waals surface area contributed by atoms with Gasteiger partial charge in [0.2, 0.25) is 0 Å². The summed E-state index contributed by atoms with van der Waals surface area (Å²) in [6, 6.07) is 0. The van der Waals surface area contributed by atoms with Gasteiger partial charge in [-0.2, -0.15) is 0 Å². The van der Waals surface area contributed by atoms with Crippen LogP contribution >= 0.6 is 0 Å². The number of carbonyl (C=O) groups excluding carboxylic acids is 1. The molecule has 88 valence electrons. The molecule has 1 aliphatic carbocycles. The molecule has 4 heteroatoms. The number of hydrogen-bond donors (Lipinski definition) is 1. The number of ether oxygens (including phenoxy) is 2. The number of methoxy groups -OCH3 is 2. The molecule has 1 unspecified atom stereocenters. The summed E-state index contributed by atoms with van der Waals surface area (Å²) in [5, 5.41) is 3.30. The van der Waals surface area contributed by atoms with E-state index in [4.69, 9.17) is 9.47 Å². The summed E-state index contributed by atoms with van der Waals surface area (Å²) in [5.41, 5.74) is -0.479. The second-order valence-corrected chi connectivity index (χ2v) is 4.01. The molecule has 0 radical (unpaired) electrons. The van der Waals surface area contributed by atoms with Gasteiger partial charge in [-0.1, -0.05) is 6.92 Å². The molecule has 0 aromatic rings. The number of carbonyl (C=O) groups is 1. The van der Waals surface area contributed by atoms with Crippen LogP contribution in [0, 0.1) is 5.92 Å². The Morgan fingerprint density at radius 3 is 2.53 bits per heavy atom. The quantitative estimate of drug-likeness (QED) is 0.507. The predicted octanol–water partition coefficient (Wildman–Crippen LogP) is 0.954. The van der Waals surface area contributed by atoms with E-state index in [9.17, 15) is 4.79 Å². The van der Waals surface area contributed by atoms with E-state index < -0.39 is 5.54 Å². The molecule has 1 fully saturated rings. The zero-order valence-electron chi connectivity index (χ0n) is 9.84. The maximum Gasteiger partial charge on any atom is 0.326 e. The minimum atomic E-state index is -0.479. The van der Waals surface area contributed by atoms with Gasteiger partial charge in [0.15, 0.2) is 0 Å². The van der Waals surface area contributed by atoms with Crippen molar-refractivity contribution < 1.29 is 14.3 Å². The first-order valence-corrected chi connectivity index (χ1v) is 5.53. The molecular weight excluding hydrogens is 194 g/mol. The van der Waals surface area contributed by atoms with Crippen LogP contribution in [0.15, 0.2) is 0 Å². The molecule has 1 saturated carbocycles. The Morgan fingerprint density at radius 1 is 1.47 bits per heavy atom. The molecule has 0 bridgehead atoms. The standard InChI is InChI=1S/C11H21NO3/c1-4-11(9-5-6-9,10(13)15-3)12-7-8-14-2/h9,12H,4-8H2,1-3H3. The molecule has 4 nitrogen and oxygen atoms in total. The lowest BCUT2D eigenvalue weighted by Gasteiger charge is -2.31. The maximum absolute atomic E-state index is 11.8. The third-order valence-corrected chi connectivity index (χ3v) is 3.13. The first-order chi connectivity index (χ1) is 7.21. The molecule has 0 aromatic heterocycles. The SMILES string of the molecule is CCC(NCCOC)(C(=O)OC)C1CC1. The molecule has 1 atom stereocenters. The summed E-state index contributed by atoms with van der Waals surface area (Å²) < 4.78 is 9.88. The van der Waals surface area contributed by atoms with Crippen LogP contribution < -0.4 is 5.32 Å². The van der Waals surface area contributed by atoms with Crippen molar-refractivity contribution >= 4 is 5.97 Å². The fraction of sp³-hybridized carbons (Fsp3) is 0.909. The van der Waals surface area contributed by atoms with Crippen molar-refractivity contribution in [1.82, 2.24) is 5.32 Å². The predicted molar refractivity (Wildman–Crippen MR) is 57.6 cm³/mol. The fourth-order valence-electron chi connectivity index (χ4n) is 2.08. The molecule has 0 amide bonds. The summed E-state index contributed by atoms with van der Waals surface area (Å²) in [7, 11) is 3.11. The lowest BCUT2D eigenvalue weighted by Crippen LogP contribution is -2.55. The third-order valence-electron chi connectivity index (χ3n) is 3.13. The van der Waals surface area contributed by atoms with Gasteiger partial charge in [0.05, 0.1) is 13.7 Å². The largest absolute Gasteiger partial charge is 0.468 e. The molecule has 1 N–H and O–H groups in total. The number of hydrogen-bond acceptors (Lipinski definition) is 4. The minimum absolute atomic E-state index is 0.136. The lowest BCUT2D eigenvalue weighted by atomic mass is 9.90. The van der Waals surface area contributed by atoms with Crippen molar-refractivity contribution in [3.63, 3.8) is 0 Å². The Morgan fingerprint density at radius 2 is 2.13 bits per heavy atom. The normalized spacial score (nSPS) is 19.7. The van der Waals surface area contributed by atoms with E-state index in [1.807, 2.05) is 6.92 Å². The zero-order valence-corrected chi connectivity index (χ0v) is 9.84. The van der Waals surface area contributed by atoms with Crippen LogP contribution in [0.3, 0.4) is 0 Å². The molecule has 1 rings (SSSR count). The van der Waals surface area contributed by atoms with E-state index in [1.165, 1.54) is 7.11 Å². The van der Waals surface area contributed by atoms with E-state index >= 15 is 0 Å². The average molecular weight is 215 g/mol. The Hall–Kier alpha value is -0.610. The van der Waals surface area contributed by atoms with Gasteiger partial charge in [0, 0.05) is 13.7 Å². The summed E-state index contributed by atoms with van der Waals surface area (Å²) in [6.07, 6.45) is 3.00. The number of rotatable bonds is 7. The summed E-state index contributed by atoms with van der Waals surface area (Å²) in [5.74, 6) is 0.301. The molecule has 0 saturated heterocycles. The second-order valence-electron chi connectivity index (χ2n) is 4.01. The van der Waals surface area contributed by atoms with E-state index in [0.717, 1.165) is 19.3 Å². The van der Waals surface area contributed by atoms with Gasteiger partial charge >= 0.3 is 5.97 Å². The van der Waals surface area contributed by atoms with Crippen molar-refractivity contribution in [2.24, 2.45) is 5.92 Å². The molecular formula is C11H21NO3. The number of nitrogens with one attached hydrogen (secondary N) is 1. The van der Waals surface area contributed by atoms with Crippen LogP contribution in [0.4, 0.5) is 0 Å². The van der Waals surface area contributed by atoms with E-state index in [0.29, 0.717) is 19.1 Å². The van der Waals surface area contributed by atoms with E-state index in [2.05, 4.69) is 5.32 Å². The molecule has 0 spiro atoms. The maximum atomic E-state index is 11.8. The van der Waals surface area contributed by atoms with Gasteiger partial charge < -0.3 is 9.47 Å². The van der Waals surface area contributed by atoms with E-state index in [-0.39, 0.29) is 5.97 Å². The molecule has 0 aromatic carbocycles. The molecule has 1 aliphatic rings. The van der Waals surface area contributed by atoms with E-state index in [1.54, 1.807) is 7.11 Å².